The van der Waals surface area contributed by atoms with E-state index in [1.807, 2.05) is 31.2 Å². The quantitative estimate of drug-likeness (QED) is 0.420. The van der Waals surface area contributed by atoms with Crippen LogP contribution in [0.3, 0.4) is 0 Å². The van der Waals surface area contributed by atoms with E-state index in [2.05, 4.69) is 25.7 Å². The summed E-state index contributed by atoms with van der Waals surface area (Å²) >= 11 is 6.46. The zero-order chi connectivity index (χ0) is 25.9. The van der Waals surface area contributed by atoms with Crippen LogP contribution in [-0.4, -0.2) is 37.8 Å². The molecule has 0 spiro atoms. The second-order valence-corrected chi connectivity index (χ2v) is 10.4. The fourth-order valence-corrected chi connectivity index (χ4v) is 4.51. The molecular weight excluding hydrogens is 504 g/mol. The molecule has 1 aromatic heterocycles. The van der Waals surface area contributed by atoms with Gasteiger partial charge in [-0.25, -0.2) is 13.4 Å². The van der Waals surface area contributed by atoms with E-state index in [1.165, 1.54) is 6.20 Å². The predicted molar refractivity (Wildman–Crippen MR) is 138 cm³/mol. The van der Waals surface area contributed by atoms with Gasteiger partial charge in [-0.2, -0.15) is 10.2 Å². The Morgan fingerprint density at radius 1 is 1.28 bits per heavy atom. The summed E-state index contributed by atoms with van der Waals surface area (Å²) in [6.45, 7) is 3.33. The Bertz CT molecular complexity index is 1440. The summed E-state index contributed by atoms with van der Waals surface area (Å²) in [6, 6.07) is 11.6. The number of anilines is 4. The highest BCUT2D eigenvalue weighted by Crippen LogP contribution is 2.40. The van der Waals surface area contributed by atoms with Crippen molar-refractivity contribution < 1.29 is 17.9 Å². The number of nitrogens with one attached hydrogen (secondary N) is 1. The molecule has 0 atom stereocenters. The zero-order valence-electron chi connectivity index (χ0n) is 19.8. The van der Waals surface area contributed by atoms with Gasteiger partial charge in [0.1, 0.15) is 24.2 Å². The van der Waals surface area contributed by atoms with E-state index in [4.69, 9.17) is 26.8 Å². The van der Waals surface area contributed by atoms with Gasteiger partial charge in [0.2, 0.25) is 16.0 Å². The van der Waals surface area contributed by atoms with Gasteiger partial charge in [-0.05, 0) is 48.7 Å². The van der Waals surface area contributed by atoms with Crippen molar-refractivity contribution in [3.05, 3.63) is 58.2 Å². The summed E-state index contributed by atoms with van der Waals surface area (Å²) in [7, 11) is -3.50. The SMILES string of the molecule is CCCOc1c(Cl)cc(N2CCc3cc(OCc4cnc(NS(C)(=O)=O)nc4N)ccc32)cc1C#N. The maximum atomic E-state index is 11.3. The minimum absolute atomic E-state index is 0.0963. The van der Waals surface area contributed by atoms with E-state index in [0.29, 0.717) is 34.3 Å². The molecule has 0 unspecified atom stereocenters. The lowest BCUT2D eigenvalue weighted by Gasteiger charge is -2.21. The second-order valence-electron chi connectivity index (χ2n) is 8.22. The Kier molecular flexibility index (Phi) is 7.37. The van der Waals surface area contributed by atoms with Crippen LogP contribution in [0.25, 0.3) is 0 Å². The molecule has 0 amide bonds. The van der Waals surface area contributed by atoms with Crippen molar-refractivity contribution in [3.8, 4) is 17.6 Å². The summed E-state index contributed by atoms with van der Waals surface area (Å²) < 4.78 is 36.4. The first-order chi connectivity index (χ1) is 17.2. The van der Waals surface area contributed by atoms with Crippen LogP contribution in [0.15, 0.2) is 36.5 Å². The number of fused-ring (bicyclic) bond motifs is 1. The molecule has 1 aliphatic heterocycles. The Morgan fingerprint density at radius 2 is 2.08 bits per heavy atom. The van der Waals surface area contributed by atoms with Gasteiger partial charge in [-0.3, -0.25) is 4.72 Å². The Labute approximate surface area is 214 Å². The van der Waals surface area contributed by atoms with E-state index in [-0.39, 0.29) is 18.4 Å². The maximum Gasteiger partial charge on any atom is 0.238 e. The summed E-state index contributed by atoms with van der Waals surface area (Å²) in [5.41, 5.74) is 9.77. The standard InChI is InChI=1S/C24H25ClN6O4S/c1-3-8-34-22-16(12-26)9-18(11-20(22)25)31-7-6-15-10-19(4-5-21(15)31)35-14-17-13-28-24(29-23(17)27)30-36(2,32)33/h4-5,9-11,13H,3,6-8,14H2,1-2H3,(H3,27,28,29,30). The molecule has 1 aliphatic rings. The number of hydrogen-bond acceptors (Lipinski definition) is 9. The molecule has 0 saturated carbocycles. The van der Waals surface area contributed by atoms with E-state index in [9.17, 15) is 13.7 Å². The highest BCUT2D eigenvalue weighted by Gasteiger charge is 2.23. The Hall–Kier alpha value is -3.75. The molecule has 3 aromatic rings. The number of aromatic nitrogens is 2. The highest BCUT2D eigenvalue weighted by molar-refractivity contribution is 7.91. The van der Waals surface area contributed by atoms with Crippen LogP contribution in [0.5, 0.6) is 11.5 Å². The highest BCUT2D eigenvalue weighted by atomic mass is 35.5. The first-order valence-electron chi connectivity index (χ1n) is 11.2. The smallest absolute Gasteiger partial charge is 0.238 e. The third-order valence-corrected chi connectivity index (χ3v) is 6.26. The molecule has 0 bridgehead atoms. The van der Waals surface area contributed by atoms with Crippen LogP contribution >= 0.6 is 11.6 Å². The third-order valence-electron chi connectivity index (χ3n) is 5.43. The number of nitrogens with two attached hydrogens (primary N) is 1. The average Bonchev–Trinajstić information content (AvgIpc) is 3.24. The van der Waals surface area contributed by atoms with Crippen molar-refractivity contribution >= 4 is 44.8 Å². The molecule has 4 rings (SSSR count). The zero-order valence-corrected chi connectivity index (χ0v) is 21.4. The molecule has 12 heteroatoms. The van der Waals surface area contributed by atoms with Gasteiger partial charge in [0.25, 0.3) is 0 Å². The molecule has 188 valence electrons. The summed E-state index contributed by atoms with van der Waals surface area (Å²) in [5.74, 6) is 1.09. The van der Waals surface area contributed by atoms with Gasteiger partial charge in [-0.15, -0.1) is 0 Å². The lowest BCUT2D eigenvalue weighted by Crippen LogP contribution is -2.14. The lowest BCUT2D eigenvalue weighted by atomic mass is 10.1. The van der Waals surface area contributed by atoms with Crippen LogP contribution in [0.1, 0.15) is 30.0 Å². The van der Waals surface area contributed by atoms with Crippen LogP contribution in [0.2, 0.25) is 5.02 Å². The van der Waals surface area contributed by atoms with Crippen molar-refractivity contribution in [2.45, 2.75) is 26.4 Å². The van der Waals surface area contributed by atoms with Crippen LogP contribution in [-0.2, 0) is 23.1 Å². The van der Waals surface area contributed by atoms with Crippen molar-refractivity contribution in [3.63, 3.8) is 0 Å². The van der Waals surface area contributed by atoms with Crippen molar-refractivity contribution in [2.24, 2.45) is 0 Å². The number of halogens is 1. The Morgan fingerprint density at radius 3 is 2.78 bits per heavy atom. The maximum absolute atomic E-state index is 11.3. The van der Waals surface area contributed by atoms with Crippen molar-refractivity contribution in [1.82, 2.24) is 9.97 Å². The Balaban J connectivity index is 1.49. The number of benzene rings is 2. The first kappa shape index (κ1) is 25.3. The van der Waals surface area contributed by atoms with Gasteiger partial charge in [0.05, 0.1) is 29.0 Å². The first-order valence-corrected chi connectivity index (χ1v) is 13.4. The minimum Gasteiger partial charge on any atom is -0.491 e. The van der Waals surface area contributed by atoms with Crippen LogP contribution < -0.4 is 24.8 Å². The molecular formula is C24H25ClN6O4S. The average molecular weight is 529 g/mol. The van der Waals surface area contributed by atoms with Crippen LogP contribution in [0, 0.1) is 11.3 Å². The fourth-order valence-electron chi connectivity index (χ4n) is 3.81. The number of ether oxygens (including phenoxy) is 2. The molecule has 10 nitrogen and oxygen atoms in total. The van der Waals surface area contributed by atoms with Gasteiger partial charge in [0.15, 0.2) is 5.75 Å². The fraction of sp³-hybridized carbons (Fsp3) is 0.292. The number of hydrogen-bond donors (Lipinski definition) is 2. The summed E-state index contributed by atoms with van der Waals surface area (Å²) in [4.78, 5) is 10.0. The normalized spacial score (nSPS) is 12.7. The summed E-state index contributed by atoms with van der Waals surface area (Å²) in [6.07, 6.45) is 4.04. The molecule has 0 fully saturated rings. The van der Waals surface area contributed by atoms with E-state index in [1.54, 1.807) is 6.07 Å². The van der Waals surface area contributed by atoms with Gasteiger partial charge in [0, 0.05) is 24.1 Å². The number of nitriles is 1. The second kappa shape index (κ2) is 10.5. The molecule has 2 aromatic carbocycles. The van der Waals surface area contributed by atoms with Crippen molar-refractivity contribution in [2.75, 3.05) is 34.8 Å². The lowest BCUT2D eigenvalue weighted by molar-refractivity contribution is 0.306. The topological polar surface area (TPSA) is 143 Å². The largest absolute Gasteiger partial charge is 0.491 e. The minimum atomic E-state index is -3.50. The van der Waals surface area contributed by atoms with Crippen molar-refractivity contribution in [1.29, 1.82) is 5.26 Å². The molecule has 2 heterocycles. The van der Waals surface area contributed by atoms with E-state index < -0.39 is 10.0 Å². The molecule has 0 radical (unpaired) electrons. The molecule has 36 heavy (non-hydrogen) atoms. The van der Waals surface area contributed by atoms with Gasteiger partial charge < -0.3 is 20.1 Å². The molecule has 0 saturated heterocycles. The van der Waals surface area contributed by atoms with E-state index in [0.717, 1.165) is 42.6 Å². The number of nitrogen functional groups attached to an aromatic ring is 1. The number of sulfonamides is 1. The third kappa shape index (κ3) is 5.72. The predicted octanol–water partition coefficient (Wildman–Crippen LogP) is 4.02. The van der Waals surface area contributed by atoms with Gasteiger partial charge >= 0.3 is 0 Å². The van der Waals surface area contributed by atoms with Crippen LogP contribution in [0.4, 0.5) is 23.1 Å². The van der Waals surface area contributed by atoms with E-state index >= 15 is 0 Å². The number of rotatable bonds is 9. The van der Waals surface area contributed by atoms with Gasteiger partial charge in [-0.1, -0.05) is 18.5 Å². The number of nitrogens with zero attached hydrogens (tertiary/aromatic N) is 4. The monoisotopic (exact) mass is 528 g/mol. The molecule has 3 N–H and O–H groups in total. The summed E-state index contributed by atoms with van der Waals surface area (Å²) in [5, 5.41) is 10.0. The molecule has 0 aliphatic carbocycles.